The van der Waals surface area contributed by atoms with Crippen LogP contribution in [-0.2, 0) is 4.74 Å². The molecule has 17 heavy (non-hydrogen) atoms. The number of hydrogen-bond donors (Lipinski definition) is 1. The van der Waals surface area contributed by atoms with Crippen molar-refractivity contribution in [2.24, 2.45) is 0 Å². The minimum absolute atomic E-state index is 0.204. The summed E-state index contributed by atoms with van der Waals surface area (Å²) in [5.41, 5.74) is 1.69. The van der Waals surface area contributed by atoms with E-state index in [1.807, 2.05) is 4.68 Å². The smallest absolute Gasteiger partial charge is 0.335 e. The van der Waals surface area contributed by atoms with E-state index in [4.69, 9.17) is 9.84 Å². The van der Waals surface area contributed by atoms with Crippen LogP contribution >= 0.6 is 0 Å². The molecular weight excluding hydrogens is 222 g/mol. The van der Waals surface area contributed by atoms with E-state index < -0.39 is 5.97 Å². The largest absolute Gasteiger partial charge is 0.478 e. The van der Waals surface area contributed by atoms with Gasteiger partial charge in [-0.25, -0.2) is 9.48 Å². The maximum atomic E-state index is 10.8. The number of aromatic nitrogens is 3. The third-order valence-corrected chi connectivity index (χ3v) is 2.97. The van der Waals surface area contributed by atoms with Gasteiger partial charge < -0.3 is 9.84 Å². The van der Waals surface area contributed by atoms with Crippen molar-refractivity contribution in [3.8, 4) is 0 Å². The molecule has 6 heteroatoms. The second kappa shape index (κ2) is 3.81. The molecule has 0 saturated carbocycles. The number of benzene rings is 1. The standard InChI is InChI=1S/C11H11N3O3/c15-11(16)7-1-2-10-9(5-7)12-13-14(10)8-3-4-17-6-8/h1-2,5,8H,3-4,6H2,(H,15,16). The summed E-state index contributed by atoms with van der Waals surface area (Å²) >= 11 is 0. The third-order valence-electron chi connectivity index (χ3n) is 2.97. The van der Waals surface area contributed by atoms with Crippen molar-refractivity contribution in [3.05, 3.63) is 23.8 Å². The molecule has 1 atom stereocenters. The Balaban J connectivity index is 2.07. The Labute approximate surface area is 96.8 Å². The van der Waals surface area contributed by atoms with E-state index in [2.05, 4.69) is 10.3 Å². The Bertz CT molecular complexity index is 572. The molecule has 6 nitrogen and oxygen atoms in total. The molecule has 3 rings (SSSR count). The molecule has 0 bridgehead atoms. The van der Waals surface area contributed by atoms with Crippen LogP contribution in [0.25, 0.3) is 11.0 Å². The van der Waals surface area contributed by atoms with Crippen molar-refractivity contribution in [3.63, 3.8) is 0 Å². The first-order chi connectivity index (χ1) is 8.25. The summed E-state index contributed by atoms with van der Waals surface area (Å²) in [6.45, 7) is 1.37. The lowest BCUT2D eigenvalue weighted by molar-refractivity contribution is 0.0697. The number of fused-ring (bicyclic) bond motifs is 1. The van der Waals surface area contributed by atoms with Gasteiger partial charge in [0.15, 0.2) is 0 Å². The van der Waals surface area contributed by atoms with Gasteiger partial charge in [-0.15, -0.1) is 5.10 Å². The van der Waals surface area contributed by atoms with E-state index in [9.17, 15) is 4.79 Å². The lowest BCUT2D eigenvalue weighted by Crippen LogP contribution is -2.10. The first-order valence-corrected chi connectivity index (χ1v) is 5.42. The number of rotatable bonds is 2. The Morgan fingerprint density at radius 1 is 1.53 bits per heavy atom. The molecule has 2 aromatic rings. The molecule has 1 saturated heterocycles. The molecule has 88 valence electrons. The van der Waals surface area contributed by atoms with Crippen molar-refractivity contribution in [1.29, 1.82) is 0 Å². The van der Waals surface area contributed by atoms with E-state index in [-0.39, 0.29) is 11.6 Å². The average Bonchev–Trinajstić information content (AvgIpc) is 2.96. The fourth-order valence-electron chi connectivity index (χ4n) is 2.06. The molecule has 1 fully saturated rings. The van der Waals surface area contributed by atoms with Crippen molar-refractivity contribution < 1.29 is 14.6 Å². The highest BCUT2D eigenvalue weighted by Gasteiger charge is 2.21. The number of carbonyl (C=O) groups is 1. The average molecular weight is 233 g/mol. The van der Waals surface area contributed by atoms with E-state index in [0.717, 1.165) is 18.5 Å². The second-order valence-electron chi connectivity index (χ2n) is 4.06. The summed E-state index contributed by atoms with van der Waals surface area (Å²) in [5, 5.41) is 17.0. The Morgan fingerprint density at radius 2 is 2.41 bits per heavy atom. The zero-order chi connectivity index (χ0) is 11.8. The van der Waals surface area contributed by atoms with Crippen molar-refractivity contribution in [2.45, 2.75) is 12.5 Å². The van der Waals surface area contributed by atoms with E-state index in [0.29, 0.717) is 12.1 Å². The third kappa shape index (κ3) is 1.66. The van der Waals surface area contributed by atoms with Crippen LogP contribution < -0.4 is 0 Å². The van der Waals surface area contributed by atoms with Gasteiger partial charge in [0.25, 0.3) is 0 Å². The number of carboxylic acids is 1. The fraction of sp³-hybridized carbons (Fsp3) is 0.364. The van der Waals surface area contributed by atoms with Gasteiger partial charge in [0.1, 0.15) is 5.52 Å². The molecule has 0 radical (unpaired) electrons. The SMILES string of the molecule is O=C(O)c1ccc2c(c1)nnn2C1CCOC1. The quantitative estimate of drug-likeness (QED) is 0.840. The van der Waals surface area contributed by atoms with Gasteiger partial charge in [-0.05, 0) is 24.6 Å². The van der Waals surface area contributed by atoms with Crippen LogP contribution in [0.3, 0.4) is 0 Å². The van der Waals surface area contributed by atoms with Crippen molar-refractivity contribution >= 4 is 17.0 Å². The summed E-state index contributed by atoms with van der Waals surface area (Å²) in [6.07, 6.45) is 0.916. The lowest BCUT2D eigenvalue weighted by atomic mass is 10.2. The molecule has 1 unspecified atom stereocenters. The second-order valence-corrected chi connectivity index (χ2v) is 4.06. The minimum atomic E-state index is -0.953. The monoisotopic (exact) mass is 233 g/mol. The normalized spacial score (nSPS) is 19.9. The molecule has 1 aliphatic heterocycles. The van der Waals surface area contributed by atoms with E-state index in [1.54, 1.807) is 12.1 Å². The molecule has 2 heterocycles. The van der Waals surface area contributed by atoms with Crippen LogP contribution in [0, 0.1) is 0 Å². The first-order valence-electron chi connectivity index (χ1n) is 5.42. The summed E-state index contributed by atoms with van der Waals surface area (Å²) in [6, 6.07) is 5.06. The summed E-state index contributed by atoms with van der Waals surface area (Å²) in [5.74, 6) is -0.953. The van der Waals surface area contributed by atoms with Gasteiger partial charge in [-0.3, -0.25) is 0 Å². The molecule has 0 amide bonds. The molecule has 1 aromatic heterocycles. The number of carboxylic acid groups (broad SMARTS) is 1. The van der Waals surface area contributed by atoms with Gasteiger partial charge in [-0.1, -0.05) is 5.21 Å². The summed E-state index contributed by atoms with van der Waals surface area (Å²) < 4.78 is 7.12. The number of nitrogens with zero attached hydrogens (tertiary/aromatic N) is 3. The van der Waals surface area contributed by atoms with Gasteiger partial charge in [0, 0.05) is 6.61 Å². The summed E-state index contributed by atoms with van der Waals surface area (Å²) in [4.78, 5) is 10.8. The number of aromatic carboxylic acids is 1. The number of ether oxygens (including phenoxy) is 1. The molecular formula is C11H11N3O3. The molecule has 1 N–H and O–H groups in total. The highest BCUT2D eigenvalue weighted by atomic mass is 16.5. The Hall–Kier alpha value is -1.95. The van der Waals surface area contributed by atoms with Gasteiger partial charge in [0.05, 0.1) is 23.7 Å². The first kappa shape index (κ1) is 10.2. The zero-order valence-corrected chi connectivity index (χ0v) is 9.04. The Kier molecular flexibility index (Phi) is 2.29. The number of hydrogen-bond acceptors (Lipinski definition) is 4. The molecule has 1 aromatic carbocycles. The molecule has 0 aliphatic carbocycles. The van der Waals surface area contributed by atoms with Crippen LogP contribution in [0.2, 0.25) is 0 Å². The highest BCUT2D eigenvalue weighted by molar-refractivity contribution is 5.92. The van der Waals surface area contributed by atoms with Crippen LogP contribution in [0.4, 0.5) is 0 Å². The predicted molar refractivity (Wildman–Crippen MR) is 59.0 cm³/mol. The van der Waals surface area contributed by atoms with Crippen LogP contribution in [-0.4, -0.2) is 39.3 Å². The van der Waals surface area contributed by atoms with Crippen LogP contribution in [0.15, 0.2) is 18.2 Å². The van der Waals surface area contributed by atoms with Gasteiger partial charge in [-0.2, -0.15) is 0 Å². The van der Waals surface area contributed by atoms with Crippen molar-refractivity contribution in [2.75, 3.05) is 13.2 Å². The lowest BCUT2D eigenvalue weighted by Gasteiger charge is -2.07. The maximum Gasteiger partial charge on any atom is 0.335 e. The highest BCUT2D eigenvalue weighted by Crippen LogP contribution is 2.23. The maximum absolute atomic E-state index is 10.8. The topological polar surface area (TPSA) is 77.2 Å². The van der Waals surface area contributed by atoms with Crippen LogP contribution in [0.5, 0.6) is 0 Å². The fourth-order valence-corrected chi connectivity index (χ4v) is 2.06. The molecule has 0 spiro atoms. The van der Waals surface area contributed by atoms with Crippen LogP contribution in [0.1, 0.15) is 22.8 Å². The predicted octanol–water partition coefficient (Wildman–Crippen LogP) is 1.09. The summed E-state index contributed by atoms with van der Waals surface area (Å²) in [7, 11) is 0. The van der Waals surface area contributed by atoms with E-state index in [1.165, 1.54) is 6.07 Å². The Morgan fingerprint density at radius 3 is 3.12 bits per heavy atom. The minimum Gasteiger partial charge on any atom is -0.478 e. The van der Waals surface area contributed by atoms with Gasteiger partial charge >= 0.3 is 5.97 Å². The van der Waals surface area contributed by atoms with Gasteiger partial charge in [0.2, 0.25) is 0 Å². The molecule has 1 aliphatic rings. The van der Waals surface area contributed by atoms with E-state index >= 15 is 0 Å². The van der Waals surface area contributed by atoms with Crippen molar-refractivity contribution in [1.82, 2.24) is 15.0 Å². The zero-order valence-electron chi connectivity index (χ0n) is 9.04.